The molecule has 1 aromatic carbocycles. The van der Waals surface area contributed by atoms with E-state index in [0.717, 1.165) is 17.9 Å². The first kappa shape index (κ1) is 20.0. The predicted molar refractivity (Wildman–Crippen MR) is 109 cm³/mol. The van der Waals surface area contributed by atoms with Crippen molar-refractivity contribution in [2.45, 2.75) is 32.2 Å². The van der Waals surface area contributed by atoms with E-state index in [-0.39, 0.29) is 12.0 Å². The van der Waals surface area contributed by atoms with Crippen molar-refractivity contribution in [1.29, 1.82) is 0 Å². The van der Waals surface area contributed by atoms with E-state index in [1.165, 1.54) is 0 Å². The molecule has 158 valence electrons. The van der Waals surface area contributed by atoms with E-state index in [4.69, 9.17) is 9.47 Å². The second kappa shape index (κ2) is 9.04. The van der Waals surface area contributed by atoms with Gasteiger partial charge in [0.25, 0.3) is 0 Å². The molecule has 1 saturated carbocycles. The van der Waals surface area contributed by atoms with E-state index in [1.807, 2.05) is 31.2 Å². The van der Waals surface area contributed by atoms with Gasteiger partial charge >= 0.3 is 5.97 Å². The van der Waals surface area contributed by atoms with Crippen LogP contribution >= 0.6 is 0 Å². The van der Waals surface area contributed by atoms with Crippen molar-refractivity contribution in [3.05, 3.63) is 30.5 Å². The lowest BCUT2D eigenvalue weighted by Crippen LogP contribution is -2.19. The highest BCUT2D eigenvalue weighted by Gasteiger charge is 2.30. The first-order valence-electron chi connectivity index (χ1n) is 10.0. The standard InChI is InChI=1S/C20H24N6O4/c1-2-29-9-10-30-16-7-5-15(6-8-16)26-18-17(24-25-26)12-21-20(23-18)22-14-4-3-13(11-14)19(27)28/h5-8,12-14H,2-4,9-11H2,1H3,(H,27,28)(H,21,22,23)/t13-,14-/m1/s1. The van der Waals surface area contributed by atoms with Gasteiger partial charge in [0.05, 0.1) is 24.4 Å². The third-order valence-electron chi connectivity index (χ3n) is 5.09. The van der Waals surface area contributed by atoms with Crippen LogP contribution in [0.15, 0.2) is 30.5 Å². The van der Waals surface area contributed by atoms with Crippen LogP contribution in [-0.2, 0) is 9.53 Å². The fourth-order valence-electron chi connectivity index (χ4n) is 3.54. The number of anilines is 1. The second-order valence-electron chi connectivity index (χ2n) is 7.13. The molecular formula is C20H24N6O4. The van der Waals surface area contributed by atoms with Gasteiger partial charge in [-0.3, -0.25) is 4.79 Å². The summed E-state index contributed by atoms with van der Waals surface area (Å²) < 4.78 is 12.5. The van der Waals surface area contributed by atoms with Crippen molar-refractivity contribution >= 4 is 23.1 Å². The number of hydrogen-bond acceptors (Lipinski definition) is 8. The number of nitrogens with zero attached hydrogens (tertiary/aromatic N) is 5. The minimum absolute atomic E-state index is 0.0426. The molecule has 1 fully saturated rings. The minimum Gasteiger partial charge on any atom is -0.491 e. The lowest BCUT2D eigenvalue weighted by Gasteiger charge is -2.12. The Morgan fingerprint density at radius 1 is 1.27 bits per heavy atom. The molecule has 2 N–H and O–H groups in total. The summed E-state index contributed by atoms with van der Waals surface area (Å²) in [5, 5.41) is 20.7. The van der Waals surface area contributed by atoms with Crippen molar-refractivity contribution < 1.29 is 19.4 Å². The number of rotatable bonds is 9. The number of aliphatic carboxylic acids is 1. The highest BCUT2D eigenvalue weighted by Crippen LogP contribution is 2.28. The summed E-state index contributed by atoms with van der Waals surface area (Å²) >= 11 is 0. The summed E-state index contributed by atoms with van der Waals surface area (Å²) in [7, 11) is 0. The molecule has 0 unspecified atom stereocenters. The molecule has 10 heteroatoms. The number of fused-ring (bicyclic) bond motifs is 1. The topological polar surface area (TPSA) is 124 Å². The third kappa shape index (κ3) is 4.48. The molecule has 30 heavy (non-hydrogen) atoms. The highest BCUT2D eigenvalue weighted by molar-refractivity contribution is 5.72. The maximum Gasteiger partial charge on any atom is 0.306 e. The van der Waals surface area contributed by atoms with Gasteiger partial charge in [0, 0.05) is 12.6 Å². The average Bonchev–Trinajstić information content (AvgIpc) is 3.39. The van der Waals surface area contributed by atoms with Gasteiger partial charge < -0.3 is 19.9 Å². The van der Waals surface area contributed by atoms with Gasteiger partial charge in [-0.15, -0.1) is 5.10 Å². The fourth-order valence-corrected chi connectivity index (χ4v) is 3.54. The molecule has 3 aromatic rings. The van der Waals surface area contributed by atoms with E-state index >= 15 is 0 Å². The van der Waals surface area contributed by atoms with Crippen LogP contribution in [-0.4, -0.2) is 61.9 Å². The Morgan fingerprint density at radius 2 is 2.10 bits per heavy atom. The Balaban J connectivity index is 1.47. The van der Waals surface area contributed by atoms with Crippen molar-refractivity contribution in [3.63, 3.8) is 0 Å². The molecule has 10 nitrogen and oxygen atoms in total. The van der Waals surface area contributed by atoms with Gasteiger partial charge in [-0.05, 0) is 50.5 Å². The van der Waals surface area contributed by atoms with E-state index in [0.29, 0.717) is 49.8 Å². The van der Waals surface area contributed by atoms with Crippen LogP contribution in [0.4, 0.5) is 5.95 Å². The van der Waals surface area contributed by atoms with Crippen molar-refractivity contribution in [3.8, 4) is 11.4 Å². The lowest BCUT2D eigenvalue weighted by molar-refractivity contribution is -0.141. The summed E-state index contributed by atoms with van der Waals surface area (Å²) in [6, 6.07) is 7.53. The molecule has 0 radical (unpaired) electrons. The van der Waals surface area contributed by atoms with Crippen molar-refractivity contribution in [2.75, 3.05) is 25.1 Å². The second-order valence-corrected chi connectivity index (χ2v) is 7.13. The molecule has 2 atom stereocenters. The lowest BCUT2D eigenvalue weighted by atomic mass is 10.1. The number of benzene rings is 1. The fraction of sp³-hybridized carbons (Fsp3) is 0.450. The maximum absolute atomic E-state index is 11.2. The molecule has 2 heterocycles. The Labute approximate surface area is 173 Å². The molecule has 2 aromatic heterocycles. The SMILES string of the molecule is CCOCCOc1ccc(-n2nnc3cnc(N[C@@H]4CC[C@@H](C(=O)O)C4)nc32)cc1. The van der Waals surface area contributed by atoms with E-state index in [9.17, 15) is 9.90 Å². The van der Waals surface area contributed by atoms with Gasteiger partial charge in [-0.1, -0.05) is 5.21 Å². The van der Waals surface area contributed by atoms with Crippen LogP contribution in [0.3, 0.4) is 0 Å². The summed E-state index contributed by atoms with van der Waals surface area (Å²) in [5.41, 5.74) is 1.95. The van der Waals surface area contributed by atoms with Gasteiger partial charge in [-0.25, -0.2) is 4.98 Å². The summed E-state index contributed by atoms with van der Waals surface area (Å²) in [6.07, 6.45) is 3.62. The van der Waals surface area contributed by atoms with Gasteiger partial charge in [-0.2, -0.15) is 9.67 Å². The van der Waals surface area contributed by atoms with Crippen LogP contribution < -0.4 is 10.1 Å². The smallest absolute Gasteiger partial charge is 0.306 e. The largest absolute Gasteiger partial charge is 0.491 e. The van der Waals surface area contributed by atoms with Crippen LogP contribution in [0.1, 0.15) is 26.2 Å². The third-order valence-corrected chi connectivity index (χ3v) is 5.09. The minimum atomic E-state index is -0.747. The first-order chi connectivity index (χ1) is 14.6. The number of ether oxygens (including phenoxy) is 2. The molecule has 0 amide bonds. The zero-order valence-electron chi connectivity index (χ0n) is 16.7. The summed E-state index contributed by atoms with van der Waals surface area (Å²) in [6.45, 7) is 3.65. The van der Waals surface area contributed by atoms with Gasteiger partial charge in [0.1, 0.15) is 12.4 Å². The first-order valence-corrected chi connectivity index (χ1v) is 10.0. The molecule has 0 saturated heterocycles. The molecule has 0 spiro atoms. The quantitative estimate of drug-likeness (QED) is 0.509. The van der Waals surface area contributed by atoms with E-state index in [2.05, 4.69) is 25.6 Å². The van der Waals surface area contributed by atoms with Gasteiger partial charge in [0.15, 0.2) is 11.2 Å². The van der Waals surface area contributed by atoms with Crippen LogP contribution in [0.25, 0.3) is 16.9 Å². The summed E-state index contributed by atoms with van der Waals surface area (Å²) in [4.78, 5) is 20.0. The van der Waals surface area contributed by atoms with Crippen molar-refractivity contribution in [1.82, 2.24) is 25.0 Å². The highest BCUT2D eigenvalue weighted by atomic mass is 16.5. The Bertz CT molecular complexity index is 1010. The molecule has 1 aliphatic rings. The molecule has 0 aliphatic heterocycles. The number of carboxylic acid groups (broad SMARTS) is 1. The van der Waals surface area contributed by atoms with E-state index < -0.39 is 5.97 Å². The normalized spacial score (nSPS) is 18.6. The average molecular weight is 412 g/mol. The van der Waals surface area contributed by atoms with E-state index in [1.54, 1.807) is 10.9 Å². The zero-order chi connectivity index (χ0) is 20.9. The Morgan fingerprint density at radius 3 is 2.83 bits per heavy atom. The molecule has 1 aliphatic carbocycles. The predicted octanol–water partition coefficient (Wildman–Crippen LogP) is 2.29. The number of hydrogen-bond donors (Lipinski definition) is 2. The zero-order valence-corrected chi connectivity index (χ0v) is 16.7. The van der Waals surface area contributed by atoms with Crippen LogP contribution in [0.2, 0.25) is 0 Å². The molecule has 4 rings (SSSR count). The number of aromatic nitrogens is 5. The van der Waals surface area contributed by atoms with Gasteiger partial charge in [0.2, 0.25) is 5.95 Å². The maximum atomic E-state index is 11.2. The Kier molecular flexibility index (Phi) is 6.03. The molecule has 0 bridgehead atoms. The number of carbonyl (C=O) groups is 1. The van der Waals surface area contributed by atoms with Crippen molar-refractivity contribution in [2.24, 2.45) is 5.92 Å². The monoisotopic (exact) mass is 412 g/mol. The molecular weight excluding hydrogens is 388 g/mol. The Hall–Kier alpha value is -3.27. The number of nitrogens with one attached hydrogen (secondary N) is 1. The van der Waals surface area contributed by atoms with Crippen LogP contribution in [0, 0.1) is 5.92 Å². The van der Waals surface area contributed by atoms with Crippen LogP contribution in [0.5, 0.6) is 5.75 Å². The number of carboxylic acids is 1. The summed E-state index contributed by atoms with van der Waals surface area (Å²) in [5.74, 6) is 0.128.